The third kappa shape index (κ3) is 1.87. The van der Waals surface area contributed by atoms with Gasteiger partial charge in [-0.25, -0.2) is 0 Å². The number of aliphatic hydroxyl groups excluding tert-OH is 1. The average molecular weight is 284 g/mol. The van der Waals surface area contributed by atoms with E-state index in [-0.39, 0.29) is 18.6 Å². The number of benzene rings is 1. The molecule has 0 bridgehead atoms. The molecule has 0 saturated heterocycles. The maximum atomic E-state index is 9.80. The molecule has 1 aromatic carbocycles. The van der Waals surface area contributed by atoms with Crippen molar-refractivity contribution in [1.29, 1.82) is 0 Å². The molecule has 0 unspecified atom stereocenters. The number of para-hydroxylation sites is 1. The summed E-state index contributed by atoms with van der Waals surface area (Å²) in [5.41, 5.74) is 3.95. The zero-order chi connectivity index (χ0) is 14.4. The second-order valence-corrected chi connectivity index (χ2v) is 5.85. The highest BCUT2D eigenvalue weighted by Crippen LogP contribution is 2.41. The third-order valence-electron chi connectivity index (χ3n) is 4.77. The fourth-order valence-electron chi connectivity index (χ4n) is 3.82. The van der Waals surface area contributed by atoms with Crippen LogP contribution in [0.15, 0.2) is 36.4 Å². The van der Waals surface area contributed by atoms with Crippen LogP contribution in [0.3, 0.4) is 0 Å². The molecule has 0 fully saturated rings. The monoisotopic (exact) mass is 284 g/mol. The Kier molecular flexibility index (Phi) is 3.10. The lowest BCUT2D eigenvalue weighted by molar-refractivity contribution is -0.190. The molecule has 4 heteroatoms. The number of hydroxylamine groups is 2. The topological polar surface area (TPSA) is 37.6 Å². The van der Waals surface area contributed by atoms with Gasteiger partial charge in [0.15, 0.2) is 0 Å². The van der Waals surface area contributed by atoms with E-state index >= 15 is 0 Å². The van der Waals surface area contributed by atoms with Crippen molar-refractivity contribution in [3.05, 3.63) is 47.7 Å². The minimum Gasteiger partial charge on any atom is -0.396 e. The number of rotatable bonds is 1. The lowest BCUT2D eigenvalue weighted by Crippen LogP contribution is -2.39. The Morgan fingerprint density at radius 1 is 1.33 bits per heavy atom. The summed E-state index contributed by atoms with van der Waals surface area (Å²) in [6.07, 6.45) is 5.10. The largest absolute Gasteiger partial charge is 0.396 e. The average Bonchev–Trinajstić information content (AvgIpc) is 2.70. The molecule has 4 rings (SSSR count). The van der Waals surface area contributed by atoms with Crippen LogP contribution in [0.2, 0.25) is 0 Å². The Balaban J connectivity index is 1.95. The van der Waals surface area contributed by atoms with Crippen molar-refractivity contribution in [2.75, 3.05) is 19.8 Å². The summed E-state index contributed by atoms with van der Waals surface area (Å²) in [5, 5.41) is 13.2. The molecule has 0 spiro atoms. The van der Waals surface area contributed by atoms with Crippen molar-refractivity contribution in [1.82, 2.24) is 9.63 Å². The van der Waals surface area contributed by atoms with Crippen molar-refractivity contribution in [3.63, 3.8) is 0 Å². The Labute approximate surface area is 124 Å². The van der Waals surface area contributed by atoms with Gasteiger partial charge < -0.3 is 9.67 Å². The molecule has 0 amide bonds. The van der Waals surface area contributed by atoms with Gasteiger partial charge in [-0.1, -0.05) is 30.4 Å². The molecule has 4 nitrogen and oxygen atoms in total. The first-order valence-electron chi connectivity index (χ1n) is 7.54. The summed E-state index contributed by atoms with van der Waals surface area (Å²) in [6.45, 7) is 1.61. The van der Waals surface area contributed by atoms with Crippen LogP contribution in [0.5, 0.6) is 0 Å². The van der Waals surface area contributed by atoms with Gasteiger partial charge in [0.05, 0.1) is 19.3 Å². The van der Waals surface area contributed by atoms with Gasteiger partial charge in [-0.15, -0.1) is 0 Å². The first-order chi connectivity index (χ1) is 10.3. The van der Waals surface area contributed by atoms with E-state index in [2.05, 4.69) is 47.0 Å². The molecule has 21 heavy (non-hydrogen) atoms. The van der Waals surface area contributed by atoms with Gasteiger partial charge >= 0.3 is 0 Å². The van der Waals surface area contributed by atoms with Crippen LogP contribution in [0.4, 0.5) is 0 Å². The van der Waals surface area contributed by atoms with Gasteiger partial charge in [0.2, 0.25) is 0 Å². The van der Waals surface area contributed by atoms with Crippen LogP contribution in [-0.2, 0) is 18.3 Å². The Morgan fingerprint density at radius 3 is 3.05 bits per heavy atom. The summed E-state index contributed by atoms with van der Waals surface area (Å²) in [4.78, 5) is 5.87. The molecule has 0 aliphatic carbocycles. The number of fused-ring (bicyclic) bond motifs is 5. The normalized spacial score (nSPS) is 25.6. The predicted molar refractivity (Wildman–Crippen MR) is 81.7 cm³/mol. The summed E-state index contributed by atoms with van der Waals surface area (Å²) >= 11 is 0. The van der Waals surface area contributed by atoms with Crippen LogP contribution < -0.4 is 0 Å². The summed E-state index contributed by atoms with van der Waals surface area (Å²) in [6, 6.07) is 8.64. The molecule has 1 N–H and O–H groups in total. The summed E-state index contributed by atoms with van der Waals surface area (Å²) in [7, 11) is 2.12. The number of aryl methyl sites for hydroxylation is 1. The van der Waals surface area contributed by atoms with E-state index in [9.17, 15) is 5.11 Å². The quantitative estimate of drug-likeness (QED) is 0.816. The van der Waals surface area contributed by atoms with Crippen molar-refractivity contribution < 1.29 is 9.94 Å². The maximum Gasteiger partial charge on any atom is 0.0867 e. The molecule has 2 atom stereocenters. The smallest absolute Gasteiger partial charge is 0.0867 e. The Bertz CT molecular complexity index is 704. The fourth-order valence-corrected chi connectivity index (χ4v) is 3.82. The van der Waals surface area contributed by atoms with Crippen molar-refractivity contribution in [2.45, 2.75) is 12.5 Å². The van der Waals surface area contributed by atoms with Crippen molar-refractivity contribution in [3.8, 4) is 0 Å². The molecule has 2 aliphatic rings. The van der Waals surface area contributed by atoms with Crippen molar-refractivity contribution >= 4 is 10.9 Å². The highest BCUT2D eigenvalue weighted by molar-refractivity contribution is 5.86. The van der Waals surface area contributed by atoms with Gasteiger partial charge in [-0.2, -0.15) is 5.06 Å². The highest BCUT2D eigenvalue weighted by atomic mass is 16.7. The van der Waals surface area contributed by atoms with E-state index in [1.54, 1.807) is 0 Å². The maximum absolute atomic E-state index is 9.80. The Morgan fingerprint density at radius 2 is 2.19 bits per heavy atom. The number of hydrogen-bond donors (Lipinski definition) is 1. The zero-order valence-electron chi connectivity index (χ0n) is 12.2. The van der Waals surface area contributed by atoms with Crippen LogP contribution in [0.25, 0.3) is 10.9 Å². The van der Waals surface area contributed by atoms with E-state index in [0.29, 0.717) is 6.61 Å². The lowest BCUT2D eigenvalue weighted by atomic mass is 9.90. The van der Waals surface area contributed by atoms with E-state index < -0.39 is 0 Å². The van der Waals surface area contributed by atoms with Gasteiger partial charge in [-0.05, 0) is 18.1 Å². The molecule has 3 heterocycles. The van der Waals surface area contributed by atoms with Crippen LogP contribution in [-0.4, -0.2) is 34.5 Å². The zero-order valence-corrected chi connectivity index (χ0v) is 12.2. The van der Waals surface area contributed by atoms with Crippen LogP contribution in [0.1, 0.15) is 17.3 Å². The molecule has 110 valence electrons. The summed E-state index contributed by atoms with van der Waals surface area (Å²) in [5.74, 6) is 0.0783. The molecule has 0 radical (unpaired) electrons. The first-order valence-corrected chi connectivity index (χ1v) is 7.54. The number of aliphatic hydroxyl groups is 1. The fraction of sp³-hybridized carbons (Fsp3) is 0.412. The van der Waals surface area contributed by atoms with Crippen molar-refractivity contribution in [2.24, 2.45) is 13.0 Å². The molecule has 2 aromatic rings. The number of aromatic nitrogens is 1. The first kappa shape index (κ1) is 13.1. The van der Waals surface area contributed by atoms with E-state index in [0.717, 1.165) is 13.0 Å². The number of hydrogen-bond acceptors (Lipinski definition) is 3. The van der Waals surface area contributed by atoms with Gasteiger partial charge in [0.1, 0.15) is 0 Å². The minimum absolute atomic E-state index is 0.0783. The molecule has 1 aromatic heterocycles. The van der Waals surface area contributed by atoms with Gasteiger partial charge in [0, 0.05) is 36.1 Å². The van der Waals surface area contributed by atoms with E-state index in [4.69, 9.17) is 4.84 Å². The van der Waals surface area contributed by atoms with Gasteiger partial charge in [-0.3, -0.25) is 4.84 Å². The van der Waals surface area contributed by atoms with E-state index in [1.807, 2.05) is 6.08 Å². The molecule has 0 saturated carbocycles. The molecular weight excluding hydrogens is 264 g/mol. The Hall–Kier alpha value is -1.62. The molecular formula is C17H20N2O2. The predicted octanol–water partition coefficient (Wildman–Crippen LogP) is 2.19. The summed E-state index contributed by atoms with van der Waals surface area (Å²) < 4.78 is 2.27. The number of nitrogens with zero attached hydrogens (tertiary/aromatic N) is 2. The minimum atomic E-state index is 0.0783. The second kappa shape index (κ2) is 4.98. The van der Waals surface area contributed by atoms with Crippen LogP contribution in [0, 0.1) is 5.92 Å². The second-order valence-electron chi connectivity index (χ2n) is 5.85. The van der Waals surface area contributed by atoms with E-state index in [1.165, 1.54) is 22.2 Å². The van der Waals surface area contributed by atoms with Gasteiger partial charge in [0.25, 0.3) is 0 Å². The molecule has 2 aliphatic heterocycles. The third-order valence-corrected chi connectivity index (χ3v) is 4.77. The van der Waals surface area contributed by atoms with Crippen LogP contribution >= 0.6 is 0 Å². The SMILES string of the molecule is Cn1c2c(c3ccccc31)CCN1OCC=C[C@H](CO)[C@@H]21. The standard InChI is InChI=1S/C17H20N2O2/c1-18-15-7-3-2-6-13(15)14-8-9-19-16(17(14)18)12(11-20)5-4-10-21-19/h2-7,12,16,20H,8-11H2,1H3/t12-,16+/m1/s1. The lowest BCUT2D eigenvalue weighted by Gasteiger charge is -2.37. The highest BCUT2D eigenvalue weighted by Gasteiger charge is 2.37.